The van der Waals surface area contributed by atoms with Gasteiger partial charge in [-0.05, 0) is 161 Å². The van der Waals surface area contributed by atoms with Crippen LogP contribution >= 0.6 is 22.6 Å². The van der Waals surface area contributed by atoms with Gasteiger partial charge in [-0.1, -0.05) is 183 Å². The zero-order valence-electron chi connectivity index (χ0n) is 38.4. The summed E-state index contributed by atoms with van der Waals surface area (Å²) in [5.41, 5.74) is 12.3. The fourth-order valence-electron chi connectivity index (χ4n) is 13.2. The number of hydrogen-bond acceptors (Lipinski definition) is 1. The molecule has 7 aliphatic carbocycles. The Hall–Kier alpha value is -2.85. The number of hydrogen-bond donors (Lipinski definition) is 1. The molecule has 0 radical (unpaired) electrons. The first kappa shape index (κ1) is 43.8. The monoisotopic (exact) mass is 914 g/mol. The molecule has 0 aromatic heterocycles. The van der Waals surface area contributed by atoms with Gasteiger partial charge in [-0.2, -0.15) is 0 Å². The molecule has 0 saturated heterocycles. The van der Waals surface area contributed by atoms with Crippen molar-refractivity contribution in [3.8, 4) is 0 Å². The van der Waals surface area contributed by atoms with E-state index < -0.39 is 0 Å². The number of halogens is 1. The summed E-state index contributed by atoms with van der Waals surface area (Å²) in [4.78, 5) is 0. The fourth-order valence-corrected chi connectivity index (χ4v) is 13.9. The standard InChI is InChI=1S/C58H76IN/c1-10-42-26-19-27-46(32-39(4)57(7,8)41(42)6)48-31-30-47(33-51(48)43-21-13-11-14-22-43)60-54-35-52(44-23-15-12-16-24-44)55(58(9)36-53(54)58)49-34-50-40(5)56(59)38(3)20-17-18-25-45(50)29-28-37(49)2/h10-11,13-15,17-18,20-23,29-33,35,37,40,44,46,48-53,55-56,60H,1,12,16,19,24-28,34,36H2,2-9H3/b18-17-,38-20-,39-32+,42-41-/t37-,40-,44?,46?,48?,49?,50?,51?,52?,53+,55?,56?,58+/m0/s1. The lowest BCUT2D eigenvalue weighted by Gasteiger charge is -2.47. The number of benzene rings is 1. The van der Waals surface area contributed by atoms with Gasteiger partial charge in [-0.3, -0.25) is 0 Å². The van der Waals surface area contributed by atoms with Gasteiger partial charge in [0.2, 0.25) is 0 Å². The summed E-state index contributed by atoms with van der Waals surface area (Å²) < 4.78 is 0.571. The van der Waals surface area contributed by atoms with E-state index in [1.807, 2.05) is 0 Å². The van der Waals surface area contributed by atoms with Crippen LogP contribution < -0.4 is 5.32 Å². The third-order valence-electron chi connectivity index (χ3n) is 17.7. The van der Waals surface area contributed by atoms with Crippen LogP contribution in [0.1, 0.15) is 131 Å². The lowest BCUT2D eigenvalue weighted by molar-refractivity contribution is 0.0634. The molecule has 0 heterocycles. The van der Waals surface area contributed by atoms with Crippen LogP contribution in [-0.2, 0) is 0 Å². The molecule has 0 bridgehead atoms. The minimum absolute atomic E-state index is 0.0213. The molecule has 1 aromatic carbocycles. The Morgan fingerprint density at radius 2 is 1.68 bits per heavy atom. The number of fused-ring (bicyclic) bond motifs is 2. The first-order valence-corrected chi connectivity index (χ1v) is 25.3. The van der Waals surface area contributed by atoms with Crippen molar-refractivity contribution >= 4 is 22.6 Å². The Morgan fingerprint density at radius 1 is 0.900 bits per heavy atom. The number of allylic oxidation sites excluding steroid dienone is 18. The van der Waals surface area contributed by atoms with E-state index in [1.54, 1.807) is 5.57 Å². The summed E-state index contributed by atoms with van der Waals surface area (Å²) in [7, 11) is 0. The van der Waals surface area contributed by atoms with E-state index in [1.165, 1.54) is 90.6 Å². The molecule has 1 nitrogen and oxygen atoms in total. The molecule has 320 valence electrons. The molecule has 1 N–H and O–H groups in total. The molecular formula is C58H76IN. The first-order valence-electron chi connectivity index (χ1n) is 24.1. The SMILES string of the molecule is C=C/C1=C(\C)C(C)(C)/C(C)=C/C(C2C=CC(NC3=CC(C4C=CCCC4)C(C4CC5C(=CC[C@@H]4C)C/C=C\C=C(\C)C(I)[C@H]5C)[C@]4(C)C[C@H]34)=CC2c2ccccc2)CCC1. The fraction of sp³-hybridized carbons (Fsp3) is 0.552. The van der Waals surface area contributed by atoms with Crippen LogP contribution in [0.2, 0.25) is 0 Å². The van der Waals surface area contributed by atoms with Gasteiger partial charge in [0.05, 0.1) is 0 Å². The molecule has 0 spiro atoms. The maximum absolute atomic E-state index is 4.24. The molecule has 1 aromatic rings. The third-order valence-corrected chi connectivity index (χ3v) is 19.8. The van der Waals surface area contributed by atoms with Gasteiger partial charge in [-0.25, -0.2) is 0 Å². The summed E-state index contributed by atoms with van der Waals surface area (Å²) in [5.74, 6) is 6.45. The van der Waals surface area contributed by atoms with Crippen molar-refractivity contribution in [3.05, 3.63) is 155 Å². The molecule has 1 fully saturated rings. The minimum Gasteiger partial charge on any atom is -0.359 e. The summed E-state index contributed by atoms with van der Waals surface area (Å²) in [6, 6.07) is 11.4. The van der Waals surface area contributed by atoms with Gasteiger partial charge in [0, 0.05) is 32.6 Å². The molecule has 0 aliphatic heterocycles. The molecule has 7 aliphatic rings. The number of alkyl halides is 1. The zero-order chi connectivity index (χ0) is 42.3. The molecule has 8 rings (SSSR count). The zero-order valence-corrected chi connectivity index (χ0v) is 40.6. The van der Waals surface area contributed by atoms with Gasteiger partial charge >= 0.3 is 0 Å². The van der Waals surface area contributed by atoms with Gasteiger partial charge in [-0.15, -0.1) is 0 Å². The molecule has 1 saturated carbocycles. The molecule has 2 heteroatoms. The highest BCUT2D eigenvalue weighted by molar-refractivity contribution is 14.1. The highest BCUT2D eigenvalue weighted by atomic mass is 127. The van der Waals surface area contributed by atoms with Crippen LogP contribution in [-0.4, -0.2) is 3.92 Å². The van der Waals surface area contributed by atoms with Crippen LogP contribution in [0.5, 0.6) is 0 Å². The van der Waals surface area contributed by atoms with E-state index in [0.29, 0.717) is 68.5 Å². The van der Waals surface area contributed by atoms with Gasteiger partial charge < -0.3 is 5.32 Å². The largest absolute Gasteiger partial charge is 0.359 e. The van der Waals surface area contributed by atoms with Crippen molar-refractivity contribution in [1.29, 1.82) is 0 Å². The van der Waals surface area contributed by atoms with Crippen molar-refractivity contribution in [3.63, 3.8) is 0 Å². The summed E-state index contributed by atoms with van der Waals surface area (Å²) in [6.07, 6.45) is 42.7. The first-order chi connectivity index (χ1) is 28.8. The summed E-state index contributed by atoms with van der Waals surface area (Å²) in [6.45, 7) is 24.0. The minimum atomic E-state index is 0.0213. The van der Waals surface area contributed by atoms with E-state index in [-0.39, 0.29) is 5.41 Å². The highest BCUT2D eigenvalue weighted by Gasteiger charge is 2.63. The Morgan fingerprint density at radius 3 is 2.43 bits per heavy atom. The topological polar surface area (TPSA) is 12.0 Å². The quantitative estimate of drug-likeness (QED) is 0.163. The van der Waals surface area contributed by atoms with Crippen molar-refractivity contribution in [2.24, 2.45) is 70.0 Å². The maximum Gasteiger partial charge on any atom is 0.0350 e. The summed E-state index contributed by atoms with van der Waals surface area (Å²) >= 11 is 2.77. The number of rotatable bonds is 7. The average Bonchev–Trinajstić information content (AvgIpc) is 3.98. The van der Waals surface area contributed by atoms with Crippen molar-refractivity contribution in [2.75, 3.05) is 0 Å². The maximum atomic E-state index is 4.24. The van der Waals surface area contributed by atoms with Crippen LogP contribution in [0.4, 0.5) is 0 Å². The molecule has 9 unspecified atom stereocenters. The Kier molecular flexibility index (Phi) is 13.2. The van der Waals surface area contributed by atoms with Crippen molar-refractivity contribution < 1.29 is 0 Å². The normalized spacial score (nSPS) is 42.7. The third kappa shape index (κ3) is 8.60. The van der Waals surface area contributed by atoms with E-state index >= 15 is 0 Å². The molecule has 0 amide bonds. The molecular weight excluding hydrogens is 838 g/mol. The average molecular weight is 914 g/mol. The molecule has 13 atom stereocenters. The van der Waals surface area contributed by atoms with Crippen molar-refractivity contribution in [2.45, 2.75) is 129 Å². The second-order valence-corrected chi connectivity index (χ2v) is 22.7. The van der Waals surface area contributed by atoms with Crippen LogP contribution in [0.15, 0.2) is 149 Å². The second kappa shape index (κ2) is 18.1. The Balaban J connectivity index is 1.11. The van der Waals surface area contributed by atoms with Crippen LogP contribution in [0.3, 0.4) is 0 Å². The van der Waals surface area contributed by atoms with Gasteiger partial charge in [0.25, 0.3) is 0 Å². The van der Waals surface area contributed by atoms with Crippen LogP contribution in [0.25, 0.3) is 0 Å². The smallest absolute Gasteiger partial charge is 0.0350 e. The van der Waals surface area contributed by atoms with E-state index in [9.17, 15) is 0 Å². The van der Waals surface area contributed by atoms with E-state index in [4.69, 9.17) is 0 Å². The highest BCUT2D eigenvalue weighted by Crippen LogP contribution is 2.70. The predicted octanol–water partition coefficient (Wildman–Crippen LogP) is 16.2. The van der Waals surface area contributed by atoms with Gasteiger partial charge in [0.15, 0.2) is 0 Å². The lowest BCUT2D eigenvalue weighted by atomic mass is 9.58. The van der Waals surface area contributed by atoms with E-state index in [2.05, 4.69) is 193 Å². The number of nitrogens with one attached hydrogen (secondary N) is 1. The predicted molar refractivity (Wildman–Crippen MR) is 267 cm³/mol. The Labute approximate surface area is 379 Å². The Bertz CT molecular complexity index is 2040. The van der Waals surface area contributed by atoms with E-state index in [0.717, 1.165) is 18.8 Å². The summed E-state index contributed by atoms with van der Waals surface area (Å²) in [5, 5.41) is 4.23. The van der Waals surface area contributed by atoms with Crippen LogP contribution in [0, 0.1) is 70.0 Å². The second-order valence-electron chi connectivity index (χ2n) is 21.3. The van der Waals surface area contributed by atoms with Gasteiger partial charge in [0.1, 0.15) is 0 Å². The van der Waals surface area contributed by atoms with Crippen molar-refractivity contribution in [1.82, 2.24) is 5.32 Å². The lowest BCUT2D eigenvalue weighted by Crippen LogP contribution is -2.42. The molecule has 60 heavy (non-hydrogen) atoms.